The molecule has 114 valence electrons. The molecular weight excluding hydrogens is 290 g/mol. The molecule has 3 fully saturated rings. The molecule has 1 aliphatic carbocycles. The molecule has 0 amide bonds. The predicted molar refractivity (Wildman–Crippen MR) is 77.1 cm³/mol. The van der Waals surface area contributed by atoms with Gasteiger partial charge in [0.2, 0.25) is 10.0 Å². The van der Waals surface area contributed by atoms with Crippen LogP contribution in [0.4, 0.5) is 0 Å². The van der Waals surface area contributed by atoms with Gasteiger partial charge in [0.1, 0.15) is 0 Å². The summed E-state index contributed by atoms with van der Waals surface area (Å²) in [6.07, 6.45) is 0.872. The second kappa shape index (κ2) is 5.10. The van der Waals surface area contributed by atoms with E-state index < -0.39 is 10.0 Å². The van der Waals surface area contributed by atoms with E-state index in [1.165, 1.54) is 6.92 Å². The zero-order valence-corrected chi connectivity index (χ0v) is 13.0. The van der Waals surface area contributed by atoms with Crippen LogP contribution in [0.5, 0.6) is 0 Å². The van der Waals surface area contributed by atoms with Gasteiger partial charge in [-0.15, -0.1) is 0 Å². The standard InChI is InChI=1S/C15H19NO4S/c1-10-3-5-13(6-4-10)21(18,19)16-8-12-7-15(16)14(12)9-20-11(2)17/h3-6,12,14-15H,7-9H2,1-2H3/t12-,14+,15-/m1/s1. The van der Waals surface area contributed by atoms with E-state index in [1.807, 2.05) is 19.1 Å². The maximum Gasteiger partial charge on any atom is 0.302 e. The van der Waals surface area contributed by atoms with Gasteiger partial charge in [0.15, 0.2) is 0 Å². The molecule has 2 bridgehead atoms. The predicted octanol–water partition coefficient (Wildman–Crippen LogP) is 1.57. The maximum absolute atomic E-state index is 12.7. The summed E-state index contributed by atoms with van der Waals surface area (Å²) >= 11 is 0. The van der Waals surface area contributed by atoms with Crippen LogP contribution in [0.1, 0.15) is 18.9 Å². The van der Waals surface area contributed by atoms with Crippen LogP contribution in [0.25, 0.3) is 0 Å². The topological polar surface area (TPSA) is 63.7 Å². The van der Waals surface area contributed by atoms with Crippen molar-refractivity contribution in [1.82, 2.24) is 4.31 Å². The monoisotopic (exact) mass is 309 g/mol. The molecule has 21 heavy (non-hydrogen) atoms. The number of esters is 1. The van der Waals surface area contributed by atoms with Crippen LogP contribution in [-0.4, -0.2) is 37.9 Å². The quantitative estimate of drug-likeness (QED) is 0.792. The summed E-state index contributed by atoms with van der Waals surface area (Å²) in [5, 5.41) is 0. The highest BCUT2D eigenvalue weighted by atomic mass is 32.2. The second-order valence-corrected chi connectivity index (χ2v) is 7.81. The second-order valence-electron chi connectivity index (χ2n) is 5.92. The summed E-state index contributed by atoms with van der Waals surface area (Å²) in [6.45, 7) is 4.16. The molecule has 0 aromatic heterocycles. The van der Waals surface area contributed by atoms with Crippen molar-refractivity contribution in [2.75, 3.05) is 13.2 Å². The number of aryl methyl sites for hydroxylation is 1. The third-order valence-electron chi connectivity index (χ3n) is 4.53. The number of rotatable bonds is 4. The lowest BCUT2D eigenvalue weighted by molar-refractivity contribution is -0.144. The van der Waals surface area contributed by atoms with E-state index in [0.717, 1.165) is 12.0 Å². The molecule has 0 radical (unpaired) electrons. The maximum atomic E-state index is 12.7. The van der Waals surface area contributed by atoms with Gasteiger partial charge in [-0.1, -0.05) is 17.7 Å². The summed E-state index contributed by atoms with van der Waals surface area (Å²) < 4.78 is 32.0. The normalized spacial score (nSPS) is 28.2. The number of benzene rings is 1. The number of ether oxygens (including phenoxy) is 1. The molecule has 6 heteroatoms. The summed E-state index contributed by atoms with van der Waals surface area (Å²) in [5.41, 5.74) is 1.03. The van der Waals surface area contributed by atoms with Crippen LogP contribution in [0.3, 0.4) is 0 Å². The van der Waals surface area contributed by atoms with Crippen LogP contribution in [0.15, 0.2) is 29.2 Å². The zero-order chi connectivity index (χ0) is 15.2. The Morgan fingerprint density at radius 3 is 2.62 bits per heavy atom. The minimum atomic E-state index is -3.44. The first kappa shape index (κ1) is 14.5. The number of sulfonamides is 1. The molecule has 5 nitrogen and oxygen atoms in total. The molecule has 1 aromatic rings. The van der Waals surface area contributed by atoms with Gasteiger partial charge < -0.3 is 4.74 Å². The molecule has 0 spiro atoms. The van der Waals surface area contributed by atoms with Crippen molar-refractivity contribution in [2.45, 2.75) is 31.2 Å². The third kappa shape index (κ3) is 2.46. The van der Waals surface area contributed by atoms with Crippen molar-refractivity contribution in [3.05, 3.63) is 29.8 Å². The minimum absolute atomic E-state index is 0.0272. The van der Waals surface area contributed by atoms with Gasteiger partial charge in [-0.05, 0) is 31.4 Å². The number of carbonyl (C=O) groups excluding carboxylic acids is 1. The first-order chi connectivity index (χ1) is 9.89. The highest BCUT2D eigenvalue weighted by Crippen LogP contribution is 2.48. The van der Waals surface area contributed by atoms with Crippen LogP contribution in [0, 0.1) is 18.8 Å². The number of hydrogen-bond acceptors (Lipinski definition) is 4. The summed E-state index contributed by atoms with van der Waals surface area (Å²) in [5.74, 6) is 0.151. The summed E-state index contributed by atoms with van der Waals surface area (Å²) in [7, 11) is -3.44. The van der Waals surface area contributed by atoms with E-state index in [4.69, 9.17) is 4.74 Å². The van der Waals surface area contributed by atoms with E-state index >= 15 is 0 Å². The fraction of sp³-hybridized carbons (Fsp3) is 0.533. The molecule has 0 N–H and O–H groups in total. The molecule has 1 saturated carbocycles. The van der Waals surface area contributed by atoms with Crippen molar-refractivity contribution in [3.8, 4) is 0 Å². The van der Waals surface area contributed by atoms with Crippen molar-refractivity contribution >= 4 is 16.0 Å². The Kier molecular flexibility index (Phi) is 3.53. The highest BCUT2D eigenvalue weighted by Gasteiger charge is 2.56. The average Bonchev–Trinajstić information content (AvgIpc) is 2.98. The van der Waals surface area contributed by atoms with Gasteiger partial charge in [-0.2, -0.15) is 4.31 Å². The largest absolute Gasteiger partial charge is 0.466 e. The molecule has 0 unspecified atom stereocenters. The van der Waals surface area contributed by atoms with Crippen LogP contribution >= 0.6 is 0 Å². The lowest BCUT2D eigenvalue weighted by Gasteiger charge is -2.35. The lowest BCUT2D eigenvalue weighted by Crippen LogP contribution is -2.43. The van der Waals surface area contributed by atoms with Gasteiger partial charge in [0, 0.05) is 25.4 Å². The van der Waals surface area contributed by atoms with Crippen molar-refractivity contribution in [1.29, 1.82) is 0 Å². The summed E-state index contributed by atoms with van der Waals surface area (Å²) in [4.78, 5) is 11.2. The molecule has 3 atom stereocenters. The SMILES string of the molecule is CC(=O)OC[C@H]1[C@@H]2C[C@H]1N(S(=O)(=O)c1ccc(C)cc1)C2. The van der Waals surface area contributed by atoms with Gasteiger partial charge >= 0.3 is 5.97 Å². The van der Waals surface area contributed by atoms with E-state index in [9.17, 15) is 13.2 Å². The lowest BCUT2D eigenvalue weighted by atomic mass is 9.74. The van der Waals surface area contributed by atoms with Gasteiger partial charge in [0.25, 0.3) is 0 Å². The molecule has 2 heterocycles. The van der Waals surface area contributed by atoms with Gasteiger partial charge in [-0.25, -0.2) is 8.42 Å². The van der Waals surface area contributed by atoms with E-state index in [1.54, 1.807) is 16.4 Å². The zero-order valence-electron chi connectivity index (χ0n) is 12.2. The van der Waals surface area contributed by atoms with Crippen LogP contribution in [-0.2, 0) is 19.6 Å². The number of hydrogen-bond donors (Lipinski definition) is 0. The number of fused-ring (bicyclic) bond motifs is 1. The Labute approximate surface area is 124 Å². The number of nitrogens with zero attached hydrogens (tertiary/aromatic N) is 1. The van der Waals surface area contributed by atoms with Crippen LogP contribution < -0.4 is 0 Å². The Balaban J connectivity index is 1.76. The molecule has 2 saturated heterocycles. The van der Waals surface area contributed by atoms with Gasteiger partial charge in [0.05, 0.1) is 11.5 Å². The van der Waals surface area contributed by atoms with E-state index in [2.05, 4.69) is 0 Å². The molecule has 3 aliphatic rings. The molecular formula is C15H19NO4S. The first-order valence-electron chi connectivity index (χ1n) is 7.11. The Hall–Kier alpha value is -1.40. The fourth-order valence-electron chi connectivity index (χ4n) is 3.27. The van der Waals surface area contributed by atoms with E-state index in [-0.39, 0.29) is 17.9 Å². The average molecular weight is 309 g/mol. The Morgan fingerprint density at radius 2 is 2.00 bits per heavy atom. The fourth-order valence-corrected chi connectivity index (χ4v) is 5.01. The number of carbonyl (C=O) groups is 1. The Bertz CT molecular complexity index is 653. The first-order valence-corrected chi connectivity index (χ1v) is 8.55. The Morgan fingerprint density at radius 1 is 1.33 bits per heavy atom. The third-order valence-corrected chi connectivity index (χ3v) is 6.44. The van der Waals surface area contributed by atoms with Crippen molar-refractivity contribution in [2.24, 2.45) is 11.8 Å². The highest BCUT2D eigenvalue weighted by molar-refractivity contribution is 7.89. The minimum Gasteiger partial charge on any atom is -0.466 e. The van der Waals surface area contributed by atoms with E-state index in [0.29, 0.717) is 24.0 Å². The smallest absolute Gasteiger partial charge is 0.302 e. The van der Waals surface area contributed by atoms with Crippen LogP contribution in [0.2, 0.25) is 0 Å². The molecule has 1 aromatic carbocycles. The summed E-state index contributed by atoms with van der Waals surface area (Å²) in [6, 6.07) is 6.90. The van der Waals surface area contributed by atoms with Crippen molar-refractivity contribution < 1.29 is 17.9 Å². The molecule has 4 rings (SSSR count). The molecule has 2 aliphatic heterocycles. The van der Waals surface area contributed by atoms with Gasteiger partial charge in [-0.3, -0.25) is 4.79 Å². The van der Waals surface area contributed by atoms with Crippen molar-refractivity contribution in [3.63, 3.8) is 0 Å².